The molecule has 0 aliphatic carbocycles. The zero-order chi connectivity index (χ0) is 10.3. The second-order valence-electron chi connectivity index (χ2n) is 2.88. The summed E-state index contributed by atoms with van der Waals surface area (Å²) in [5.41, 5.74) is 1.83. The van der Waals surface area contributed by atoms with E-state index in [4.69, 9.17) is 23.2 Å². The van der Waals surface area contributed by atoms with Gasteiger partial charge in [-0.15, -0.1) is 0 Å². The number of aryl methyl sites for hydroxylation is 1. The van der Waals surface area contributed by atoms with Crippen molar-refractivity contribution in [2.24, 2.45) is 0 Å². The standard InChI is InChI=1S/C9H5BrCl2N2/c1-4-2-3-5-7(6(4)10)13-9(12)14-8(5)11/h2-3H,1H3. The molecule has 0 saturated heterocycles. The molecule has 0 unspecified atom stereocenters. The number of rotatable bonds is 0. The average molecular weight is 292 g/mol. The van der Waals surface area contributed by atoms with Crippen LogP contribution in [0.1, 0.15) is 5.56 Å². The maximum atomic E-state index is 5.93. The van der Waals surface area contributed by atoms with Crippen molar-refractivity contribution in [3.63, 3.8) is 0 Å². The molecule has 72 valence electrons. The minimum absolute atomic E-state index is 0.161. The predicted molar refractivity (Wildman–Crippen MR) is 62.0 cm³/mol. The summed E-state index contributed by atoms with van der Waals surface area (Å²) in [7, 11) is 0. The minimum atomic E-state index is 0.161. The number of hydrogen-bond acceptors (Lipinski definition) is 2. The number of hydrogen-bond donors (Lipinski definition) is 0. The van der Waals surface area contributed by atoms with E-state index < -0.39 is 0 Å². The van der Waals surface area contributed by atoms with Crippen LogP contribution in [0.3, 0.4) is 0 Å². The molecule has 1 heterocycles. The molecular formula is C9H5BrCl2N2. The second-order valence-corrected chi connectivity index (χ2v) is 4.37. The Morgan fingerprint density at radius 2 is 1.93 bits per heavy atom. The van der Waals surface area contributed by atoms with Crippen molar-refractivity contribution >= 4 is 50.0 Å². The van der Waals surface area contributed by atoms with Gasteiger partial charge in [-0.25, -0.2) is 9.97 Å². The third kappa shape index (κ3) is 1.60. The lowest BCUT2D eigenvalue weighted by molar-refractivity contribution is 1.21. The molecule has 0 aliphatic rings. The molecule has 0 radical (unpaired) electrons. The zero-order valence-corrected chi connectivity index (χ0v) is 10.3. The van der Waals surface area contributed by atoms with Crippen LogP contribution in [0.4, 0.5) is 0 Å². The zero-order valence-electron chi connectivity index (χ0n) is 7.18. The van der Waals surface area contributed by atoms with E-state index in [2.05, 4.69) is 25.9 Å². The van der Waals surface area contributed by atoms with E-state index in [1.165, 1.54) is 0 Å². The molecular weight excluding hydrogens is 287 g/mol. The summed E-state index contributed by atoms with van der Waals surface area (Å²) >= 11 is 15.1. The first-order valence-corrected chi connectivity index (χ1v) is 5.42. The average Bonchev–Trinajstić information content (AvgIpc) is 2.12. The number of nitrogens with zero attached hydrogens (tertiary/aromatic N) is 2. The largest absolute Gasteiger partial charge is 0.224 e. The third-order valence-electron chi connectivity index (χ3n) is 1.93. The normalized spacial score (nSPS) is 10.9. The summed E-state index contributed by atoms with van der Waals surface area (Å²) in [6.45, 7) is 1.98. The van der Waals surface area contributed by atoms with Gasteiger partial charge in [0.05, 0.1) is 5.52 Å². The van der Waals surface area contributed by atoms with Crippen molar-refractivity contribution < 1.29 is 0 Å². The Bertz CT molecular complexity index is 514. The third-order valence-corrected chi connectivity index (χ3v) is 3.38. The van der Waals surface area contributed by atoms with Crippen LogP contribution in [0, 0.1) is 6.92 Å². The molecule has 0 spiro atoms. The van der Waals surface area contributed by atoms with Gasteiger partial charge in [0, 0.05) is 9.86 Å². The molecule has 1 aromatic carbocycles. The summed E-state index contributed by atoms with van der Waals surface area (Å²) in [4.78, 5) is 7.99. The monoisotopic (exact) mass is 290 g/mol. The molecule has 0 amide bonds. The van der Waals surface area contributed by atoms with E-state index in [9.17, 15) is 0 Å². The van der Waals surface area contributed by atoms with Crippen molar-refractivity contribution in [3.05, 3.63) is 32.6 Å². The van der Waals surface area contributed by atoms with E-state index >= 15 is 0 Å². The lowest BCUT2D eigenvalue weighted by atomic mass is 10.2. The van der Waals surface area contributed by atoms with E-state index in [-0.39, 0.29) is 5.28 Å². The van der Waals surface area contributed by atoms with E-state index in [0.29, 0.717) is 5.15 Å². The van der Waals surface area contributed by atoms with Crippen LogP contribution in [0.15, 0.2) is 16.6 Å². The molecule has 0 atom stereocenters. The number of halogens is 3. The molecule has 2 nitrogen and oxygen atoms in total. The Balaban J connectivity index is 2.95. The summed E-state index contributed by atoms with van der Waals surface area (Å²) in [5, 5.41) is 1.34. The van der Waals surface area contributed by atoms with E-state index in [1.54, 1.807) is 0 Å². The molecule has 0 saturated carbocycles. The van der Waals surface area contributed by atoms with Crippen LogP contribution >= 0.6 is 39.1 Å². The van der Waals surface area contributed by atoms with Crippen molar-refractivity contribution in [1.82, 2.24) is 9.97 Å². The van der Waals surface area contributed by atoms with Crippen molar-refractivity contribution in [2.45, 2.75) is 6.92 Å². The summed E-state index contributed by atoms with van der Waals surface area (Å²) in [6.07, 6.45) is 0. The highest BCUT2D eigenvalue weighted by molar-refractivity contribution is 9.10. The quantitative estimate of drug-likeness (QED) is 0.541. The maximum Gasteiger partial charge on any atom is 0.224 e. The van der Waals surface area contributed by atoms with Gasteiger partial charge >= 0.3 is 0 Å². The molecule has 1 aromatic heterocycles. The van der Waals surface area contributed by atoms with Gasteiger partial charge in [-0.3, -0.25) is 0 Å². The topological polar surface area (TPSA) is 25.8 Å². The minimum Gasteiger partial charge on any atom is -0.217 e. The molecule has 14 heavy (non-hydrogen) atoms. The lowest BCUT2D eigenvalue weighted by Crippen LogP contribution is -1.89. The highest BCUT2D eigenvalue weighted by atomic mass is 79.9. The van der Waals surface area contributed by atoms with Gasteiger partial charge in [0.2, 0.25) is 5.28 Å². The van der Waals surface area contributed by atoms with Crippen LogP contribution in [0.25, 0.3) is 10.9 Å². The van der Waals surface area contributed by atoms with Crippen LogP contribution < -0.4 is 0 Å². The predicted octanol–water partition coefficient (Wildman–Crippen LogP) is 4.01. The molecule has 0 aliphatic heterocycles. The lowest BCUT2D eigenvalue weighted by Gasteiger charge is -2.04. The molecule has 5 heteroatoms. The fraction of sp³-hybridized carbons (Fsp3) is 0.111. The van der Waals surface area contributed by atoms with Gasteiger partial charge in [0.15, 0.2) is 0 Å². The second kappa shape index (κ2) is 3.65. The maximum absolute atomic E-state index is 5.93. The number of aromatic nitrogens is 2. The molecule has 0 bridgehead atoms. The van der Waals surface area contributed by atoms with E-state index in [1.807, 2.05) is 19.1 Å². The first-order chi connectivity index (χ1) is 6.59. The Kier molecular flexibility index (Phi) is 2.64. The van der Waals surface area contributed by atoms with Gasteiger partial charge in [0.1, 0.15) is 5.15 Å². The highest BCUT2D eigenvalue weighted by Crippen LogP contribution is 2.30. The van der Waals surface area contributed by atoms with Crippen molar-refractivity contribution in [2.75, 3.05) is 0 Å². The van der Waals surface area contributed by atoms with Gasteiger partial charge in [-0.2, -0.15) is 0 Å². The Morgan fingerprint density at radius 1 is 1.21 bits per heavy atom. The Hall–Kier alpha value is -0.380. The molecule has 2 aromatic rings. The highest BCUT2D eigenvalue weighted by Gasteiger charge is 2.08. The van der Waals surface area contributed by atoms with Crippen LogP contribution in [0.2, 0.25) is 10.4 Å². The number of fused-ring (bicyclic) bond motifs is 1. The summed E-state index contributed by atoms with van der Waals surface area (Å²) in [6, 6.07) is 3.84. The first kappa shape index (κ1) is 10.1. The first-order valence-electron chi connectivity index (χ1n) is 3.87. The molecule has 0 fully saturated rings. The smallest absolute Gasteiger partial charge is 0.217 e. The molecule has 0 N–H and O–H groups in total. The summed E-state index contributed by atoms with van der Waals surface area (Å²) in [5.74, 6) is 0. The van der Waals surface area contributed by atoms with Crippen LogP contribution in [-0.2, 0) is 0 Å². The van der Waals surface area contributed by atoms with Crippen LogP contribution in [0.5, 0.6) is 0 Å². The Morgan fingerprint density at radius 3 is 2.64 bits per heavy atom. The van der Waals surface area contributed by atoms with E-state index in [0.717, 1.165) is 20.9 Å². The fourth-order valence-electron chi connectivity index (χ4n) is 1.20. The van der Waals surface area contributed by atoms with Gasteiger partial charge in [-0.1, -0.05) is 17.7 Å². The van der Waals surface area contributed by atoms with Gasteiger partial charge in [0.25, 0.3) is 0 Å². The fourth-order valence-corrected chi connectivity index (χ4v) is 2.08. The molecule has 2 rings (SSSR count). The van der Waals surface area contributed by atoms with Gasteiger partial charge in [-0.05, 0) is 46.1 Å². The Labute approximate surface area is 99.4 Å². The number of benzene rings is 1. The van der Waals surface area contributed by atoms with Gasteiger partial charge < -0.3 is 0 Å². The van der Waals surface area contributed by atoms with Crippen molar-refractivity contribution in [1.29, 1.82) is 0 Å². The summed E-state index contributed by atoms with van der Waals surface area (Å²) < 4.78 is 0.904. The van der Waals surface area contributed by atoms with Crippen LogP contribution in [-0.4, -0.2) is 9.97 Å². The SMILES string of the molecule is Cc1ccc2c(Cl)nc(Cl)nc2c1Br. The van der Waals surface area contributed by atoms with Crippen molar-refractivity contribution in [3.8, 4) is 0 Å².